The minimum Gasteiger partial charge on any atom is -0.480 e. The summed E-state index contributed by atoms with van der Waals surface area (Å²) in [5, 5.41) is 9.21. The predicted molar refractivity (Wildman–Crippen MR) is 113 cm³/mol. The topological polar surface area (TPSA) is 76.1 Å². The highest BCUT2D eigenvalue weighted by Crippen LogP contribution is 2.55. The van der Waals surface area contributed by atoms with E-state index in [1.165, 1.54) is 0 Å². The summed E-state index contributed by atoms with van der Waals surface area (Å²) in [6.07, 6.45) is 3.95. The number of carboxylic acid groups (broad SMARTS) is 1. The molecule has 2 aliphatic rings. The first-order valence-corrected chi connectivity index (χ1v) is 10.9. The minimum atomic E-state index is -0.973. The van der Waals surface area contributed by atoms with Gasteiger partial charge in [-0.25, -0.2) is 9.59 Å². The van der Waals surface area contributed by atoms with Gasteiger partial charge in [0.15, 0.2) is 0 Å². The fourth-order valence-corrected chi connectivity index (χ4v) is 5.11. The molecule has 1 aromatic rings. The summed E-state index contributed by atoms with van der Waals surface area (Å²) in [6, 6.07) is 7.91. The Balaban J connectivity index is 1.82. The molecule has 29 heavy (non-hydrogen) atoms. The molecule has 2 fully saturated rings. The summed E-state index contributed by atoms with van der Waals surface area (Å²) < 4.78 is 12.6. The number of hydrogen-bond acceptors (Lipinski definition) is 4. The first-order chi connectivity index (χ1) is 13.5. The Morgan fingerprint density at radius 3 is 2.66 bits per heavy atom. The lowest BCUT2D eigenvalue weighted by Gasteiger charge is -2.42. The first-order valence-electron chi connectivity index (χ1n) is 10.1. The van der Waals surface area contributed by atoms with Crippen molar-refractivity contribution >= 4 is 28.0 Å². The molecule has 6 nitrogen and oxygen atoms in total. The van der Waals surface area contributed by atoms with E-state index in [0.29, 0.717) is 19.5 Å². The number of benzene rings is 1. The van der Waals surface area contributed by atoms with Gasteiger partial charge in [-0.05, 0) is 76.0 Å². The highest BCUT2D eigenvalue weighted by atomic mass is 79.9. The molecule has 1 amide bonds. The zero-order chi connectivity index (χ0) is 21.3. The van der Waals surface area contributed by atoms with E-state index in [9.17, 15) is 14.7 Å². The van der Waals surface area contributed by atoms with Gasteiger partial charge in [-0.3, -0.25) is 0 Å². The minimum absolute atomic E-state index is 0.0873. The van der Waals surface area contributed by atoms with Crippen molar-refractivity contribution in [2.24, 2.45) is 5.41 Å². The van der Waals surface area contributed by atoms with E-state index in [-0.39, 0.29) is 18.1 Å². The van der Waals surface area contributed by atoms with Crippen LogP contribution in [0.5, 0.6) is 0 Å². The maximum Gasteiger partial charge on any atom is 0.410 e. The lowest BCUT2D eigenvalue weighted by atomic mass is 9.76. The Morgan fingerprint density at radius 1 is 1.24 bits per heavy atom. The molecule has 2 atom stereocenters. The van der Waals surface area contributed by atoms with E-state index >= 15 is 0 Å². The van der Waals surface area contributed by atoms with Crippen LogP contribution in [0.2, 0.25) is 0 Å². The van der Waals surface area contributed by atoms with Crippen molar-refractivity contribution in [3.05, 3.63) is 34.3 Å². The number of aliphatic carboxylic acids is 1. The van der Waals surface area contributed by atoms with Gasteiger partial charge in [-0.15, -0.1) is 0 Å². The highest BCUT2D eigenvalue weighted by Gasteiger charge is 2.52. The van der Waals surface area contributed by atoms with Crippen LogP contribution in [0.25, 0.3) is 0 Å². The summed E-state index contributed by atoms with van der Waals surface area (Å²) in [7, 11) is 0. The Bertz CT molecular complexity index is 777. The zero-order valence-corrected chi connectivity index (χ0v) is 19.0. The van der Waals surface area contributed by atoms with Gasteiger partial charge in [-0.1, -0.05) is 28.1 Å². The number of nitrogens with zero attached hydrogens (tertiary/aromatic N) is 1. The molecule has 1 spiro atoms. The number of rotatable bonds is 4. The number of likely N-dealkylation sites (tertiary alicyclic amines) is 1. The third-order valence-electron chi connectivity index (χ3n) is 5.86. The van der Waals surface area contributed by atoms with Crippen LogP contribution < -0.4 is 0 Å². The van der Waals surface area contributed by atoms with Gasteiger partial charge < -0.3 is 19.5 Å². The summed E-state index contributed by atoms with van der Waals surface area (Å²) in [5.74, 6) is -0.973. The van der Waals surface area contributed by atoms with Crippen molar-refractivity contribution in [1.29, 1.82) is 0 Å². The summed E-state index contributed by atoms with van der Waals surface area (Å²) >= 11 is 3.52. The molecule has 1 heterocycles. The number of carbonyl (C=O) groups excluding carboxylic acids is 1. The summed E-state index contributed by atoms with van der Waals surface area (Å²) in [4.78, 5) is 25.7. The second-order valence-corrected chi connectivity index (χ2v) is 10.3. The van der Waals surface area contributed by atoms with Crippen molar-refractivity contribution in [2.75, 3.05) is 19.7 Å². The third kappa shape index (κ3) is 5.31. The maximum atomic E-state index is 12.6. The van der Waals surface area contributed by atoms with Crippen molar-refractivity contribution < 1.29 is 24.2 Å². The molecule has 1 saturated heterocycles. The number of ether oxygens (including phenoxy) is 2. The first kappa shape index (κ1) is 22.1. The Morgan fingerprint density at radius 2 is 2.00 bits per heavy atom. The molecule has 2 unspecified atom stereocenters. The van der Waals surface area contributed by atoms with Gasteiger partial charge in [0.2, 0.25) is 0 Å². The van der Waals surface area contributed by atoms with Crippen LogP contribution in [0.3, 0.4) is 0 Å². The van der Waals surface area contributed by atoms with E-state index < -0.39 is 17.2 Å². The Labute approximate surface area is 180 Å². The molecule has 0 radical (unpaired) electrons. The molecule has 0 aromatic heterocycles. The molecule has 1 aliphatic carbocycles. The molecule has 0 bridgehead atoms. The number of halogens is 1. The number of carboxylic acids is 1. The lowest BCUT2D eigenvalue weighted by Crippen LogP contribution is -2.47. The number of amides is 1. The molecule has 3 rings (SSSR count). The van der Waals surface area contributed by atoms with Gasteiger partial charge in [0.1, 0.15) is 12.2 Å². The highest BCUT2D eigenvalue weighted by molar-refractivity contribution is 9.10. The molecule has 1 aromatic carbocycles. The lowest BCUT2D eigenvalue weighted by molar-refractivity contribution is -0.151. The number of piperidine rings is 1. The number of carbonyl (C=O) groups is 2. The second kappa shape index (κ2) is 8.26. The molecule has 7 heteroatoms. The van der Waals surface area contributed by atoms with Crippen LogP contribution >= 0.6 is 15.9 Å². The largest absolute Gasteiger partial charge is 0.480 e. The molecule has 1 N–H and O–H groups in total. The average molecular weight is 468 g/mol. The van der Waals surface area contributed by atoms with Crippen molar-refractivity contribution in [3.63, 3.8) is 0 Å². The van der Waals surface area contributed by atoms with Gasteiger partial charge in [-0.2, -0.15) is 0 Å². The third-order valence-corrected chi connectivity index (χ3v) is 6.35. The van der Waals surface area contributed by atoms with Crippen LogP contribution in [0.4, 0.5) is 4.79 Å². The van der Waals surface area contributed by atoms with Gasteiger partial charge in [0.05, 0.1) is 5.60 Å². The smallest absolute Gasteiger partial charge is 0.410 e. The fourth-order valence-electron chi connectivity index (χ4n) is 4.71. The normalized spacial score (nSPS) is 27.2. The zero-order valence-electron chi connectivity index (χ0n) is 17.4. The van der Waals surface area contributed by atoms with Crippen LogP contribution in [-0.2, 0) is 19.9 Å². The van der Waals surface area contributed by atoms with Crippen molar-refractivity contribution in [1.82, 2.24) is 4.90 Å². The fraction of sp³-hybridized carbons (Fsp3) is 0.636. The van der Waals surface area contributed by atoms with E-state index in [0.717, 1.165) is 35.7 Å². The monoisotopic (exact) mass is 467 g/mol. The van der Waals surface area contributed by atoms with Crippen molar-refractivity contribution in [2.45, 2.75) is 64.1 Å². The summed E-state index contributed by atoms with van der Waals surface area (Å²) in [6.45, 7) is 6.59. The standard InChI is InChI=1S/C22H30BrNO5/c1-20(2,3)29-19(27)24-11-5-8-21(15-24)9-10-22(14-21,28-13-18(25)26)16-6-4-7-17(23)12-16/h4,6-7,12H,5,8-11,13-15H2,1-3H3,(H,25,26). The van der Waals surface area contributed by atoms with Crippen LogP contribution in [0, 0.1) is 5.41 Å². The van der Waals surface area contributed by atoms with Gasteiger partial charge in [0, 0.05) is 17.6 Å². The predicted octanol–water partition coefficient (Wildman–Crippen LogP) is 4.95. The molecule has 1 saturated carbocycles. The molecular weight excluding hydrogens is 438 g/mol. The average Bonchev–Trinajstić information content (AvgIpc) is 2.98. The van der Waals surface area contributed by atoms with Crippen LogP contribution in [0.15, 0.2) is 28.7 Å². The molecule has 1 aliphatic heterocycles. The van der Waals surface area contributed by atoms with Crippen LogP contribution in [0.1, 0.15) is 58.4 Å². The molecule has 160 valence electrons. The molecular formula is C22H30BrNO5. The van der Waals surface area contributed by atoms with Gasteiger partial charge in [0.25, 0.3) is 0 Å². The Hall–Kier alpha value is -1.60. The van der Waals surface area contributed by atoms with E-state index in [2.05, 4.69) is 15.9 Å². The quantitative estimate of drug-likeness (QED) is 0.677. The van der Waals surface area contributed by atoms with Gasteiger partial charge >= 0.3 is 12.1 Å². The summed E-state index contributed by atoms with van der Waals surface area (Å²) in [5.41, 5.74) is -0.281. The number of hydrogen-bond donors (Lipinski definition) is 1. The van der Waals surface area contributed by atoms with E-state index in [1.54, 1.807) is 0 Å². The van der Waals surface area contributed by atoms with Crippen molar-refractivity contribution in [3.8, 4) is 0 Å². The Kier molecular flexibility index (Phi) is 6.30. The maximum absolute atomic E-state index is 12.6. The SMILES string of the molecule is CC(C)(C)OC(=O)N1CCCC2(CCC(OCC(=O)O)(c3cccc(Br)c3)C2)C1. The van der Waals surface area contributed by atoms with Crippen LogP contribution in [-0.4, -0.2) is 47.4 Å². The van der Waals surface area contributed by atoms with E-state index in [1.807, 2.05) is 49.9 Å². The van der Waals surface area contributed by atoms with E-state index in [4.69, 9.17) is 9.47 Å². The second-order valence-electron chi connectivity index (χ2n) is 9.37.